The van der Waals surface area contributed by atoms with Crippen LogP contribution in [-0.4, -0.2) is 72.6 Å². The van der Waals surface area contributed by atoms with Crippen molar-refractivity contribution in [2.75, 3.05) is 6.54 Å². The number of amides is 1. The number of aromatic nitrogens is 4. The highest BCUT2D eigenvalue weighted by atomic mass is 16.4. The van der Waals surface area contributed by atoms with E-state index in [1.165, 1.54) is 12.7 Å². The maximum atomic E-state index is 11.5. The van der Waals surface area contributed by atoms with Crippen LogP contribution < -0.4 is 22.1 Å². The van der Waals surface area contributed by atoms with E-state index in [1.807, 2.05) is 0 Å². The van der Waals surface area contributed by atoms with Crippen LogP contribution >= 0.6 is 0 Å². The average molecular weight is 423 g/mol. The Balaban J connectivity index is 0.000000346. The van der Waals surface area contributed by atoms with E-state index in [1.54, 1.807) is 12.4 Å². The van der Waals surface area contributed by atoms with E-state index >= 15 is 0 Å². The smallest absolute Gasteiger partial charge is 0.326 e. The molecule has 2 atom stereocenters. The first-order valence-corrected chi connectivity index (χ1v) is 8.72. The molecule has 0 fully saturated rings. The third-order valence-electron chi connectivity index (χ3n) is 3.57. The minimum atomic E-state index is -1.13. The van der Waals surface area contributed by atoms with Gasteiger partial charge < -0.3 is 42.3 Å². The summed E-state index contributed by atoms with van der Waals surface area (Å²) in [5.41, 5.74) is 11.5. The number of carboxylic acids is 2. The van der Waals surface area contributed by atoms with Gasteiger partial charge in [-0.05, 0) is 0 Å². The van der Waals surface area contributed by atoms with Gasteiger partial charge in [-0.25, -0.2) is 14.8 Å². The molecule has 0 saturated heterocycles. The molecule has 0 radical (unpaired) electrons. The van der Waals surface area contributed by atoms with Crippen molar-refractivity contribution in [3.05, 3.63) is 36.4 Å². The Morgan fingerprint density at radius 1 is 1.07 bits per heavy atom. The largest absolute Gasteiger partial charge is 0.480 e. The molecule has 0 spiro atoms. The molecule has 2 heterocycles. The van der Waals surface area contributed by atoms with Crippen molar-refractivity contribution in [1.82, 2.24) is 30.6 Å². The van der Waals surface area contributed by atoms with Crippen molar-refractivity contribution >= 4 is 23.8 Å². The van der Waals surface area contributed by atoms with E-state index in [9.17, 15) is 14.4 Å². The van der Waals surface area contributed by atoms with Crippen LogP contribution in [0, 0.1) is 5.41 Å². The van der Waals surface area contributed by atoms with Gasteiger partial charge in [-0.3, -0.25) is 15.0 Å². The summed E-state index contributed by atoms with van der Waals surface area (Å²) in [5.74, 6) is -2.81. The molecular weight excluding hydrogens is 398 g/mol. The molecule has 14 nitrogen and oxygen atoms in total. The van der Waals surface area contributed by atoms with Crippen molar-refractivity contribution in [1.29, 1.82) is 5.41 Å². The van der Waals surface area contributed by atoms with E-state index < -0.39 is 29.9 Å². The zero-order valence-corrected chi connectivity index (χ0v) is 16.0. The highest BCUT2D eigenvalue weighted by Crippen LogP contribution is 1.99. The number of carbonyl (C=O) groups excluding carboxylic acids is 1. The first-order valence-electron chi connectivity index (χ1n) is 8.72. The molecule has 2 rings (SSSR count). The molecule has 14 heteroatoms. The standard InChI is InChI=1S/C10H16N6O3.C6H9N3O2/c11-10(12)14-2-1-8(17)16-7(9(18)19)3-6-4-13-5-15-6;7-5(6(10)11)1-4-2-8-3-9-4/h4-5,7H,1-3H2,(H,13,15)(H,16,17)(H,18,19)(H4,11,12,14);2-3,5H,1,7H2,(H,8,9)(H,10,11)/t7-;5-/m00/s1. The molecule has 11 N–H and O–H groups in total. The molecule has 164 valence electrons. The van der Waals surface area contributed by atoms with Crippen molar-refractivity contribution in [3.8, 4) is 0 Å². The first kappa shape index (κ1) is 24.1. The number of aliphatic carboxylic acids is 2. The number of aromatic amines is 2. The van der Waals surface area contributed by atoms with Crippen LogP contribution in [0.3, 0.4) is 0 Å². The first-order chi connectivity index (χ1) is 14.2. The summed E-state index contributed by atoms with van der Waals surface area (Å²) in [5, 5.41) is 29.2. The number of nitrogens with two attached hydrogens (primary N) is 2. The molecule has 2 aromatic heterocycles. The summed E-state index contributed by atoms with van der Waals surface area (Å²) < 4.78 is 0. The van der Waals surface area contributed by atoms with Gasteiger partial charge in [-0.15, -0.1) is 0 Å². The van der Waals surface area contributed by atoms with Crippen molar-refractivity contribution in [2.24, 2.45) is 11.5 Å². The van der Waals surface area contributed by atoms with Gasteiger partial charge in [0.1, 0.15) is 12.1 Å². The number of carboxylic acid groups (broad SMARTS) is 2. The fourth-order valence-electron chi connectivity index (χ4n) is 2.10. The second-order valence-corrected chi connectivity index (χ2v) is 6.02. The molecular formula is C16H25N9O5. The number of H-pyrrole nitrogens is 2. The van der Waals surface area contributed by atoms with Crippen molar-refractivity contribution in [2.45, 2.75) is 31.3 Å². The Hall–Kier alpha value is -3.94. The molecule has 0 aliphatic carbocycles. The van der Waals surface area contributed by atoms with Crippen LogP contribution in [0.1, 0.15) is 17.8 Å². The lowest BCUT2D eigenvalue weighted by molar-refractivity contribution is -0.141. The van der Waals surface area contributed by atoms with Gasteiger partial charge in [0.2, 0.25) is 5.91 Å². The lowest BCUT2D eigenvalue weighted by atomic mass is 10.1. The van der Waals surface area contributed by atoms with E-state index in [-0.39, 0.29) is 31.8 Å². The van der Waals surface area contributed by atoms with Crippen LogP contribution in [0.25, 0.3) is 0 Å². The number of carbonyl (C=O) groups is 3. The van der Waals surface area contributed by atoms with E-state index in [0.29, 0.717) is 11.4 Å². The van der Waals surface area contributed by atoms with Crippen LogP contribution in [0.4, 0.5) is 0 Å². The number of hydrogen-bond acceptors (Lipinski definition) is 7. The number of guanidine groups is 1. The summed E-state index contributed by atoms with van der Waals surface area (Å²) in [6, 6.07) is -1.90. The molecule has 0 aliphatic rings. The molecule has 0 aliphatic heterocycles. The molecule has 1 amide bonds. The van der Waals surface area contributed by atoms with Gasteiger partial charge in [0.25, 0.3) is 0 Å². The minimum absolute atomic E-state index is 0.0317. The molecule has 2 aromatic rings. The summed E-state index contributed by atoms with van der Waals surface area (Å²) in [6.07, 6.45) is 6.52. The van der Waals surface area contributed by atoms with Gasteiger partial charge in [0, 0.05) is 38.2 Å². The fraction of sp³-hybridized carbons (Fsp3) is 0.375. The minimum Gasteiger partial charge on any atom is -0.480 e. The van der Waals surface area contributed by atoms with Gasteiger partial charge in [0.05, 0.1) is 24.0 Å². The maximum Gasteiger partial charge on any atom is 0.326 e. The zero-order chi connectivity index (χ0) is 22.5. The highest BCUT2D eigenvalue weighted by molar-refractivity contribution is 5.84. The third-order valence-corrected chi connectivity index (χ3v) is 3.57. The lowest BCUT2D eigenvalue weighted by Crippen LogP contribution is -2.43. The van der Waals surface area contributed by atoms with Crippen LogP contribution in [0.2, 0.25) is 0 Å². The van der Waals surface area contributed by atoms with Gasteiger partial charge >= 0.3 is 11.9 Å². The second kappa shape index (κ2) is 12.5. The summed E-state index contributed by atoms with van der Waals surface area (Å²) in [4.78, 5) is 46.0. The van der Waals surface area contributed by atoms with Gasteiger partial charge in [-0.1, -0.05) is 0 Å². The Morgan fingerprint density at radius 3 is 2.07 bits per heavy atom. The summed E-state index contributed by atoms with van der Waals surface area (Å²) >= 11 is 0. The summed E-state index contributed by atoms with van der Waals surface area (Å²) in [7, 11) is 0. The van der Waals surface area contributed by atoms with Crippen LogP contribution in [0.5, 0.6) is 0 Å². The maximum absolute atomic E-state index is 11.5. The molecule has 0 aromatic carbocycles. The third kappa shape index (κ3) is 9.84. The normalized spacial score (nSPS) is 12.0. The Morgan fingerprint density at radius 2 is 1.63 bits per heavy atom. The zero-order valence-electron chi connectivity index (χ0n) is 16.0. The topological polar surface area (TPSA) is 249 Å². The van der Waals surface area contributed by atoms with Crippen LogP contribution in [0.15, 0.2) is 25.0 Å². The number of nitrogens with one attached hydrogen (secondary N) is 5. The van der Waals surface area contributed by atoms with E-state index in [2.05, 4.69) is 30.6 Å². The van der Waals surface area contributed by atoms with Gasteiger partial charge in [0.15, 0.2) is 5.96 Å². The predicted octanol–water partition coefficient (Wildman–Crippen LogP) is -2.24. The van der Waals surface area contributed by atoms with Crippen molar-refractivity contribution in [3.63, 3.8) is 0 Å². The molecule has 0 saturated carbocycles. The highest BCUT2D eigenvalue weighted by Gasteiger charge is 2.21. The Bertz CT molecular complexity index is 807. The molecule has 0 unspecified atom stereocenters. The average Bonchev–Trinajstić information content (AvgIpc) is 3.35. The Labute approximate surface area is 171 Å². The monoisotopic (exact) mass is 423 g/mol. The van der Waals surface area contributed by atoms with Crippen molar-refractivity contribution < 1.29 is 24.6 Å². The lowest BCUT2D eigenvalue weighted by Gasteiger charge is -2.13. The van der Waals surface area contributed by atoms with E-state index in [4.69, 9.17) is 27.1 Å². The van der Waals surface area contributed by atoms with Gasteiger partial charge in [-0.2, -0.15) is 0 Å². The number of hydrogen-bond donors (Lipinski definition) is 9. The summed E-state index contributed by atoms with van der Waals surface area (Å²) in [6.45, 7) is 0.176. The number of nitrogens with zero attached hydrogens (tertiary/aromatic N) is 2. The fourth-order valence-corrected chi connectivity index (χ4v) is 2.10. The SMILES string of the molecule is N=C(N)NCCC(=O)N[C@@H](Cc1c[nH]cn1)C(=O)O.N[C@@H](Cc1c[nH]cn1)C(=O)O. The predicted molar refractivity (Wildman–Crippen MR) is 104 cm³/mol. The molecule has 0 bridgehead atoms. The number of rotatable bonds is 10. The Kier molecular flexibility index (Phi) is 10.0. The number of imidazole rings is 2. The molecule has 30 heavy (non-hydrogen) atoms. The quantitative estimate of drug-likeness (QED) is 0.147. The van der Waals surface area contributed by atoms with E-state index in [0.717, 1.165) is 0 Å². The van der Waals surface area contributed by atoms with Crippen LogP contribution in [-0.2, 0) is 27.2 Å². The second-order valence-electron chi connectivity index (χ2n) is 6.02.